The van der Waals surface area contributed by atoms with Crippen molar-refractivity contribution in [2.45, 2.75) is 140 Å². The van der Waals surface area contributed by atoms with Crippen LogP contribution in [0.3, 0.4) is 0 Å². The van der Waals surface area contributed by atoms with E-state index >= 15 is 0 Å². The third kappa shape index (κ3) is 11.2. The molecule has 10 atom stereocenters. The van der Waals surface area contributed by atoms with E-state index in [0.29, 0.717) is 30.0 Å². The molecule has 0 bridgehead atoms. The summed E-state index contributed by atoms with van der Waals surface area (Å²) in [6.45, 7) is 2.78. The van der Waals surface area contributed by atoms with Crippen LogP contribution in [-0.2, 0) is 75.2 Å². The number of allylic oxidation sites excluding steroid dienone is 4. The number of benzene rings is 2. The summed E-state index contributed by atoms with van der Waals surface area (Å²) in [5.41, 5.74) is 1.43. The minimum Gasteiger partial charge on any atom is -0.481 e. The Bertz CT molecular complexity index is 2980. The maximum Gasteiger partial charge on any atom is 0.407 e. The van der Waals surface area contributed by atoms with Crippen LogP contribution in [0.1, 0.15) is 114 Å². The van der Waals surface area contributed by atoms with Crippen molar-refractivity contribution >= 4 is 64.8 Å². The number of aliphatic carboxylic acids is 1. The van der Waals surface area contributed by atoms with Gasteiger partial charge in [-0.05, 0) is 123 Å². The Morgan fingerprint density at radius 2 is 1.56 bits per heavy atom. The number of fused-ring (bicyclic) bond motifs is 7. The second kappa shape index (κ2) is 22.5. The van der Waals surface area contributed by atoms with Gasteiger partial charge in [-0.2, -0.15) is 0 Å². The lowest BCUT2D eigenvalue weighted by Gasteiger charge is -2.59. The number of ketones is 2. The summed E-state index contributed by atoms with van der Waals surface area (Å²) in [6.07, 6.45) is 9.74. The molecule has 1 unspecified atom stereocenters. The van der Waals surface area contributed by atoms with Crippen LogP contribution in [-0.4, -0.2) is 123 Å². The highest BCUT2D eigenvalue weighted by Gasteiger charge is 2.76. The molecule has 2 aromatic carbocycles. The number of aliphatic hydroxyl groups excluding tert-OH is 2. The minimum atomic E-state index is -1.42. The average Bonchev–Trinajstić information content (AvgIpc) is 2.78. The quantitative estimate of drug-likeness (QED) is 0.0925. The smallest absolute Gasteiger partial charge is 0.407 e. The zero-order valence-corrected chi connectivity index (χ0v) is 45.0. The molecule has 10 rings (SSSR count). The molecule has 2 heterocycles. The summed E-state index contributed by atoms with van der Waals surface area (Å²) in [5, 5.41) is 42.1. The molecule has 22 nitrogen and oxygen atoms in total. The van der Waals surface area contributed by atoms with Gasteiger partial charge >= 0.3 is 18.0 Å². The zero-order valence-electron chi connectivity index (χ0n) is 45.0. The largest absolute Gasteiger partial charge is 0.481 e. The number of Topliss-reactive ketones (excluding diaryl/α,β-unsaturated/α-hetero) is 1. The van der Waals surface area contributed by atoms with E-state index in [0.717, 1.165) is 73.8 Å². The third-order valence-corrected chi connectivity index (χ3v) is 18.5. The first kappa shape index (κ1) is 56.9. The highest BCUT2D eigenvalue weighted by atomic mass is 16.7. The van der Waals surface area contributed by atoms with E-state index < -0.39 is 127 Å². The van der Waals surface area contributed by atoms with Crippen LogP contribution < -0.4 is 21.3 Å². The molecule has 6 aliphatic carbocycles. The normalized spacial score (nSPS) is 32.4. The summed E-state index contributed by atoms with van der Waals surface area (Å²) < 4.78 is 18.9. The Morgan fingerprint density at radius 1 is 0.852 bits per heavy atom. The molecule has 2 aromatic rings. The Morgan fingerprint density at radius 3 is 2.25 bits per heavy atom. The maximum absolute atomic E-state index is 14.0. The molecule has 6 fully saturated rings. The number of hydrogen-bond donors (Lipinski definition) is 7. The highest BCUT2D eigenvalue weighted by molar-refractivity contribution is 6.12. The second-order valence-corrected chi connectivity index (χ2v) is 23.7. The van der Waals surface area contributed by atoms with Gasteiger partial charge in [-0.1, -0.05) is 67.0 Å². The molecule has 1 saturated heterocycles. The van der Waals surface area contributed by atoms with Crippen molar-refractivity contribution in [3.63, 3.8) is 0 Å². The van der Waals surface area contributed by atoms with Gasteiger partial charge in [-0.25, -0.2) is 9.59 Å². The monoisotopic (exact) mass is 1120 g/mol. The first-order valence-corrected chi connectivity index (χ1v) is 27.7. The van der Waals surface area contributed by atoms with E-state index in [1.165, 1.54) is 0 Å². The van der Waals surface area contributed by atoms with Gasteiger partial charge in [0.15, 0.2) is 23.5 Å². The summed E-state index contributed by atoms with van der Waals surface area (Å²) >= 11 is 0. The fraction of sp³-hybridized carbons (Fsp3) is 0.525. The van der Waals surface area contributed by atoms with Crippen molar-refractivity contribution in [2.75, 3.05) is 18.5 Å². The highest BCUT2D eigenvalue weighted by Crippen LogP contribution is 2.70. The van der Waals surface area contributed by atoms with Gasteiger partial charge in [0.1, 0.15) is 19.3 Å². The molecule has 1 spiro atoms. The summed E-state index contributed by atoms with van der Waals surface area (Å²) in [7, 11) is 0. The van der Waals surface area contributed by atoms with E-state index in [-0.39, 0.29) is 53.1 Å². The number of ether oxygens (including phenoxy) is 3. The third-order valence-electron chi connectivity index (χ3n) is 18.5. The zero-order chi connectivity index (χ0) is 57.6. The molecular formula is C59H67N5O17. The Kier molecular flexibility index (Phi) is 15.8. The summed E-state index contributed by atoms with van der Waals surface area (Å²) in [6, 6.07) is 13.2. The number of carboxylic acid groups (broad SMARTS) is 1. The minimum absolute atomic E-state index is 0.00473. The van der Waals surface area contributed by atoms with Crippen molar-refractivity contribution < 1.29 is 82.3 Å². The van der Waals surface area contributed by atoms with Crippen molar-refractivity contribution in [2.24, 2.45) is 39.9 Å². The van der Waals surface area contributed by atoms with Gasteiger partial charge in [0.2, 0.25) is 17.7 Å². The van der Waals surface area contributed by atoms with Crippen LogP contribution in [0.25, 0.3) is 0 Å². The molecule has 0 radical (unpaired) electrons. The predicted molar refractivity (Wildman–Crippen MR) is 282 cm³/mol. The van der Waals surface area contributed by atoms with Gasteiger partial charge in [0, 0.05) is 59.0 Å². The molecule has 22 heteroatoms. The number of anilines is 1. The number of carbonyl (C=O) groups is 10. The number of alkyl carbamates (subject to hydrolysis) is 1. The molecule has 7 N–H and O–H groups in total. The number of nitrogens with one attached hydrogen (secondary N) is 4. The van der Waals surface area contributed by atoms with Crippen molar-refractivity contribution in [3.8, 4) is 0 Å². The molecule has 2 aliphatic heterocycles. The molecule has 5 saturated carbocycles. The van der Waals surface area contributed by atoms with Crippen molar-refractivity contribution in [1.29, 1.82) is 0 Å². The van der Waals surface area contributed by atoms with Crippen LogP contribution >= 0.6 is 0 Å². The first-order valence-electron chi connectivity index (χ1n) is 27.7. The van der Waals surface area contributed by atoms with E-state index in [4.69, 9.17) is 14.2 Å². The summed E-state index contributed by atoms with van der Waals surface area (Å²) in [4.78, 5) is 128. The maximum atomic E-state index is 14.0. The molecule has 430 valence electrons. The molecular weight excluding hydrogens is 1050 g/mol. The molecule has 81 heavy (non-hydrogen) atoms. The number of rotatable bonds is 20. The molecule has 8 aliphatic rings. The lowest BCUT2D eigenvalue weighted by Crippen LogP contribution is -2.63. The lowest BCUT2D eigenvalue weighted by atomic mass is 9.46. The summed E-state index contributed by atoms with van der Waals surface area (Å²) in [5.74, 6) is -6.28. The lowest BCUT2D eigenvalue weighted by molar-refractivity contribution is -0.201. The van der Waals surface area contributed by atoms with E-state index in [1.54, 1.807) is 36.4 Å². The number of hydrogen-bond acceptors (Lipinski definition) is 16. The van der Waals surface area contributed by atoms with Crippen LogP contribution in [0.2, 0.25) is 0 Å². The van der Waals surface area contributed by atoms with Crippen LogP contribution in [0.4, 0.5) is 10.5 Å². The number of carbonyl (C=O) groups excluding carboxylic acids is 9. The van der Waals surface area contributed by atoms with Crippen molar-refractivity contribution in [1.82, 2.24) is 21.0 Å². The number of nitrogens with zero attached hydrogens (tertiary/aromatic N) is 1. The standard InChI is InChI=1S/C59H67N5O17/c1-56-20-19-39(66)22-36(56)9-12-40-41-23-45-59(44(68)30-65,57(41,2)28-43(67)52(40)56)80-54(79-45)35-7-3-32(4-8-35)21-34-24-58(25-34)26-38(27-58)62-55(77)78-31-33-5-10-37(11-6-33)61-53(76)42(13-17-50(73)74)63-47(70)29-60-46(69)14-18-51(75)81-64-48(71)15-16-49(64)72/h3-8,10-11,15-16,19-20,22,34,38,40-43,45,52,54,65,67H,9,12-14,17-18,21,23-31H2,1-2H3,(H,60,69)(H,61,76)(H,62,77)(H,63,70)(H,73,74)/t34?,38?,40-,41-,42-,43-,45+,52+,54?,56-,57-,58?,59+/m0/s1. The van der Waals surface area contributed by atoms with Gasteiger partial charge in [-0.3, -0.25) is 38.4 Å². The number of imide groups is 1. The number of hydroxylamine groups is 2. The van der Waals surface area contributed by atoms with Gasteiger partial charge in [0.05, 0.1) is 25.2 Å². The Labute approximate surface area is 466 Å². The van der Waals surface area contributed by atoms with E-state index in [9.17, 15) is 63.3 Å². The second-order valence-electron chi connectivity index (χ2n) is 23.7. The predicted octanol–water partition coefficient (Wildman–Crippen LogP) is 3.88. The van der Waals surface area contributed by atoms with Crippen molar-refractivity contribution in [3.05, 3.63) is 101 Å². The fourth-order valence-electron chi connectivity index (χ4n) is 14.9. The van der Waals surface area contributed by atoms with Crippen LogP contribution in [0, 0.1) is 39.9 Å². The van der Waals surface area contributed by atoms with Crippen LogP contribution in [0.5, 0.6) is 0 Å². The van der Waals surface area contributed by atoms with Crippen LogP contribution in [0.15, 0.2) is 84.5 Å². The Hall–Kier alpha value is -7.40. The number of carboxylic acids is 1. The Balaban J connectivity index is 0.631. The van der Waals surface area contributed by atoms with Gasteiger partial charge in [-0.15, -0.1) is 0 Å². The first-order chi connectivity index (χ1) is 38.6. The van der Waals surface area contributed by atoms with Gasteiger partial charge in [0.25, 0.3) is 11.8 Å². The number of aliphatic hydroxyl groups is 2. The van der Waals surface area contributed by atoms with E-state index in [2.05, 4.69) is 45.2 Å². The topological polar surface area (TPSA) is 320 Å². The fourth-order valence-corrected chi connectivity index (χ4v) is 14.9. The molecule has 6 amide bonds. The van der Waals surface area contributed by atoms with E-state index in [1.807, 2.05) is 25.1 Å². The SMILES string of the molecule is C[C@]12C=CC(=O)C=C1CC[C@@H]1[C@@H]2[C@@H](O)C[C@@]2(C)[C@H]1C[C@H]1OC(c3ccc(CC4CC5(C4)CC(NC(=O)OCc4ccc(NC(=O)[C@H](CCC(=O)O)NC(=O)CNC(=O)CCC(=O)ON6C(=O)C=CC6=O)cc4)C5)cc3)O[C@]12C(=O)CO. The number of amides is 6. The van der Waals surface area contributed by atoms with Gasteiger partial charge < -0.3 is 55.6 Å². The average molecular weight is 1120 g/mol. The molecule has 0 aromatic heterocycles.